The lowest BCUT2D eigenvalue weighted by atomic mass is 9.96. The first-order chi connectivity index (χ1) is 9.15. The SMILES string of the molecule is Cc1nc(C2COc3ccccc3C2)[nH]c(=O)c1C. The van der Waals surface area contributed by atoms with E-state index in [2.05, 4.69) is 16.0 Å². The van der Waals surface area contributed by atoms with Gasteiger partial charge in [0, 0.05) is 11.3 Å². The fraction of sp³-hybridized carbons (Fsp3) is 0.333. The molecule has 19 heavy (non-hydrogen) atoms. The van der Waals surface area contributed by atoms with Crippen molar-refractivity contribution in [2.45, 2.75) is 26.2 Å². The highest BCUT2D eigenvalue weighted by molar-refractivity contribution is 5.36. The second kappa shape index (κ2) is 4.53. The molecule has 0 saturated heterocycles. The van der Waals surface area contributed by atoms with E-state index in [1.165, 1.54) is 5.56 Å². The van der Waals surface area contributed by atoms with Gasteiger partial charge in [0.05, 0.1) is 12.5 Å². The number of rotatable bonds is 1. The van der Waals surface area contributed by atoms with E-state index in [1.54, 1.807) is 6.92 Å². The first-order valence-corrected chi connectivity index (χ1v) is 6.43. The van der Waals surface area contributed by atoms with Gasteiger partial charge in [-0.25, -0.2) is 4.98 Å². The summed E-state index contributed by atoms with van der Waals surface area (Å²) < 4.78 is 5.74. The first-order valence-electron chi connectivity index (χ1n) is 6.43. The van der Waals surface area contributed by atoms with Gasteiger partial charge in [0.25, 0.3) is 5.56 Å². The fourth-order valence-electron chi connectivity index (χ4n) is 2.36. The molecule has 1 aromatic heterocycles. The highest BCUT2D eigenvalue weighted by atomic mass is 16.5. The number of ether oxygens (including phenoxy) is 1. The van der Waals surface area contributed by atoms with Crippen LogP contribution in [0.15, 0.2) is 29.1 Å². The van der Waals surface area contributed by atoms with Crippen molar-refractivity contribution in [3.8, 4) is 5.75 Å². The normalized spacial score (nSPS) is 17.7. The molecule has 1 aromatic carbocycles. The van der Waals surface area contributed by atoms with Crippen molar-refractivity contribution in [2.24, 2.45) is 0 Å². The average Bonchev–Trinajstić information content (AvgIpc) is 2.43. The Morgan fingerprint density at radius 2 is 2.11 bits per heavy atom. The number of H-pyrrole nitrogens is 1. The van der Waals surface area contributed by atoms with Gasteiger partial charge in [-0.3, -0.25) is 4.79 Å². The van der Waals surface area contributed by atoms with Gasteiger partial charge in [-0.15, -0.1) is 0 Å². The van der Waals surface area contributed by atoms with Crippen LogP contribution < -0.4 is 10.3 Å². The Balaban J connectivity index is 1.95. The molecule has 1 aliphatic heterocycles. The molecule has 0 saturated carbocycles. The monoisotopic (exact) mass is 256 g/mol. The van der Waals surface area contributed by atoms with Gasteiger partial charge in [0.2, 0.25) is 0 Å². The van der Waals surface area contributed by atoms with Crippen LogP contribution in [0.2, 0.25) is 0 Å². The number of hydrogen-bond donors (Lipinski definition) is 1. The summed E-state index contributed by atoms with van der Waals surface area (Å²) >= 11 is 0. The van der Waals surface area contributed by atoms with Crippen LogP contribution in [-0.4, -0.2) is 16.6 Å². The van der Waals surface area contributed by atoms with Crippen LogP contribution in [0.4, 0.5) is 0 Å². The largest absolute Gasteiger partial charge is 0.493 e. The lowest BCUT2D eigenvalue weighted by molar-refractivity contribution is 0.257. The van der Waals surface area contributed by atoms with E-state index in [0.29, 0.717) is 12.2 Å². The summed E-state index contributed by atoms with van der Waals surface area (Å²) in [6.45, 7) is 4.21. The summed E-state index contributed by atoms with van der Waals surface area (Å²) in [7, 11) is 0. The van der Waals surface area contributed by atoms with Crippen LogP contribution in [-0.2, 0) is 6.42 Å². The Hall–Kier alpha value is -2.10. The number of nitrogens with one attached hydrogen (secondary N) is 1. The zero-order valence-electron chi connectivity index (χ0n) is 11.1. The van der Waals surface area contributed by atoms with Gasteiger partial charge in [0.15, 0.2) is 0 Å². The Kier molecular flexibility index (Phi) is 2.85. The molecule has 2 aromatic rings. The second-order valence-corrected chi connectivity index (χ2v) is 4.98. The lowest BCUT2D eigenvalue weighted by Crippen LogP contribution is -2.25. The molecule has 4 heteroatoms. The molecule has 1 N–H and O–H groups in total. The molecule has 1 aliphatic rings. The van der Waals surface area contributed by atoms with Crippen LogP contribution in [0.1, 0.15) is 28.6 Å². The van der Waals surface area contributed by atoms with Gasteiger partial charge < -0.3 is 9.72 Å². The van der Waals surface area contributed by atoms with E-state index < -0.39 is 0 Å². The molecule has 98 valence electrons. The smallest absolute Gasteiger partial charge is 0.254 e. The first kappa shape index (κ1) is 12.0. The van der Waals surface area contributed by atoms with E-state index in [1.807, 2.05) is 25.1 Å². The van der Waals surface area contributed by atoms with E-state index in [4.69, 9.17) is 4.74 Å². The minimum absolute atomic E-state index is 0.0543. The van der Waals surface area contributed by atoms with E-state index in [9.17, 15) is 4.79 Å². The minimum atomic E-state index is -0.0543. The zero-order valence-corrected chi connectivity index (χ0v) is 11.1. The maximum Gasteiger partial charge on any atom is 0.254 e. The van der Waals surface area contributed by atoms with E-state index >= 15 is 0 Å². The van der Waals surface area contributed by atoms with E-state index in [0.717, 1.165) is 23.7 Å². The summed E-state index contributed by atoms with van der Waals surface area (Å²) in [4.78, 5) is 19.2. The summed E-state index contributed by atoms with van der Waals surface area (Å²) in [6, 6.07) is 8.00. The van der Waals surface area contributed by atoms with Crippen molar-refractivity contribution in [2.75, 3.05) is 6.61 Å². The molecule has 0 aliphatic carbocycles. The number of para-hydroxylation sites is 1. The summed E-state index contributed by atoms with van der Waals surface area (Å²) in [6.07, 6.45) is 0.849. The summed E-state index contributed by atoms with van der Waals surface area (Å²) in [5.74, 6) is 1.77. The number of aryl methyl sites for hydroxylation is 1. The van der Waals surface area contributed by atoms with Crippen molar-refractivity contribution in [1.82, 2.24) is 9.97 Å². The maximum absolute atomic E-state index is 11.8. The molecule has 0 fully saturated rings. The molecule has 1 unspecified atom stereocenters. The van der Waals surface area contributed by atoms with Gasteiger partial charge >= 0.3 is 0 Å². The van der Waals surface area contributed by atoms with Crippen LogP contribution >= 0.6 is 0 Å². The van der Waals surface area contributed by atoms with Crippen LogP contribution in [0.25, 0.3) is 0 Å². The van der Waals surface area contributed by atoms with Crippen molar-refractivity contribution in [3.05, 3.63) is 57.3 Å². The third kappa shape index (κ3) is 2.14. The lowest BCUT2D eigenvalue weighted by Gasteiger charge is -2.24. The topological polar surface area (TPSA) is 55.0 Å². The molecule has 0 amide bonds. The number of benzene rings is 1. The van der Waals surface area contributed by atoms with Crippen molar-refractivity contribution in [3.63, 3.8) is 0 Å². The number of nitrogens with zero attached hydrogens (tertiary/aromatic N) is 1. The third-order valence-electron chi connectivity index (χ3n) is 3.68. The third-order valence-corrected chi connectivity index (χ3v) is 3.68. The van der Waals surface area contributed by atoms with Crippen LogP contribution in [0.3, 0.4) is 0 Å². The molecule has 0 spiro atoms. The molecule has 2 heterocycles. The van der Waals surface area contributed by atoms with E-state index in [-0.39, 0.29) is 11.5 Å². The standard InChI is InChI=1S/C15H16N2O2/c1-9-10(2)16-14(17-15(9)18)12-7-11-5-3-4-6-13(11)19-8-12/h3-6,12H,7-8H2,1-2H3,(H,16,17,18). The Bertz CT molecular complexity index is 676. The van der Waals surface area contributed by atoms with Gasteiger partial charge in [-0.1, -0.05) is 18.2 Å². The number of hydrogen-bond acceptors (Lipinski definition) is 3. The molecule has 3 rings (SSSR count). The average molecular weight is 256 g/mol. The minimum Gasteiger partial charge on any atom is -0.493 e. The number of aromatic nitrogens is 2. The zero-order chi connectivity index (χ0) is 13.4. The Morgan fingerprint density at radius 1 is 1.32 bits per heavy atom. The maximum atomic E-state index is 11.8. The summed E-state index contributed by atoms with van der Waals surface area (Å²) in [5.41, 5.74) is 2.58. The number of aromatic amines is 1. The highest BCUT2D eigenvalue weighted by Crippen LogP contribution is 2.30. The predicted molar refractivity (Wildman–Crippen MR) is 72.7 cm³/mol. The summed E-state index contributed by atoms with van der Waals surface area (Å²) in [5, 5.41) is 0. The van der Waals surface area contributed by atoms with Crippen molar-refractivity contribution < 1.29 is 4.74 Å². The predicted octanol–water partition coefficient (Wildman–Crippen LogP) is 2.11. The quantitative estimate of drug-likeness (QED) is 0.850. The van der Waals surface area contributed by atoms with Gasteiger partial charge in [-0.05, 0) is 31.9 Å². The molecule has 0 bridgehead atoms. The van der Waals surface area contributed by atoms with Crippen LogP contribution in [0, 0.1) is 13.8 Å². The Morgan fingerprint density at radius 3 is 2.89 bits per heavy atom. The second-order valence-electron chi connectivity index (χ2n) is 4.98. The van der Waals surface area contributed by atoms with Crippen molar-refractivity contribution >= 4 is 0 Å². The number of fused-ring (bicyclic) bond motifs is 1. The van der Waals surface area contributed by atoms with Gasteiger partial charge in [-0.2, -0.15) is 0 Å². The molecule has 0 radical (unpaired) electrons. The molecule has 1 atom stereocenters. The van der Waals surface area contributed by atoms with Gasteiger partial charge in [0.1, 0.15) is 11.6 Å². The fourth-order valence-corrected chi connectivity index (χ4v) is 2.36. The Labute approximate surface area is 111 Å². The van der Waals surface area contributed by atoms with Crippen LogP contribution in [0.5, 0.6) is 5.75 Å². The molecule has 4 nitrogen and oxygen atoms in total. The molecular formula is C15H16N2O2. The molecular weight excluding hydrogens is 240 g/mol. The highest BCUT2D eigenvalue weighted by Gasteiger charge is 2.23. The van der Waals surface area contributed by atoms with Crippen molar-refractivity contribution in [1.29, 1.82) is 0 Å².